The lowest BCUT2D eigenvalue weighted by molar-refractivity contribution is 0.0381. The number of amides is 3. The highest BCUT2D eigenvalue weighted by Crippen LogP contribution is 2.38. The van der Waals surface area contributed by atoms with E-state index in [1.807, 2.05) is 0 Å². The fourth-order valence-corrected chi connectivity index (χ4v) is 3.92. The molecule has 0 spiro atoms. The van der Waals surface area contributed by atoms with E-state index < -0.39 is 29.6 Å². The SMILES string of the molecule is CCN(NC(=O)OC(C)(C)C)C(=O)NC(C)c1ncc(-c2cc(Cl)cc(Cl)c2-c2nnn(C)n2)cc1F. The zero-order valence-corrected chi connectivity index (χ0v) is 22.6. The second-order valence-electron chi connectivity index (χ2n) is 9.03. The standard InChI is InChI=1S/C23H27Cl2FN8O3/c1-7-34(31-22(36)37-23(3,4)5)21(35)28-12(2)19-17(26)8-13(11-27-19)15-9-14(24)10-16(25)18(15)20-29-32-33(6)30-20/h8-12H,7H2,1-6H3,(H,28,35)(H,31,36). The number of hydrogen-bond acceptors (Lipinski definition) is 7. The first-order chi connectivity index (χ1) is 17.3. The predicted octanol–water partition coefficient (Wildman–Crippen LogP) is 4.92. The Morgan fingerprint density at radius 1 is 1.24 bits per heavy atom. The molecule has 0 saturated heterocycles. The van der Waals surface area contributed by atoms with Crippen LogP contribution >= 0.6 is 23.2 Å². The molecule has 3 aromatic rings. The minimum atomic E-state index is -0.833. The molecule has 0 radical (unpaired) electrons. The molecule has 3 amide bonds. The van der Waals surface area contributed by atoms with E-state index in [1.165, 1.54) is 23.1 Å². The summed E-state index contributed by atoms with van der Waals surface area (Å²) in [6.45, 7) is 8.47. The number of hydrogen-bond donors (Lipinski definition) is 2. The van der Waals surface area contributed by atoms with Crippen molar-refractivity contribution in [3.8, 4) is 22.5 Å². The quantitative estimate of drug-likeness (QED) is 0.430. The molecule has 1 aromatic carbocycles. The van der Waals surface area contributed by atoms with E-state index in [4.69, 9.17) is 27.9 Å². The van der Waals surface area contributed by atoms with Gasteiger partial charge in [0.05, 0.1) is 23.8 Å². The van der Waals surface area contributed by atoms with Crippen molar-refractivity contribution < 1.29 is 18.7 Å². The Hall–Kier alpha value is -3.51. The summed E-state index contributed by atoms with van der Waals surface area (Å²) in [6.07, 6.45) is 0.638. The molecule has 1 atom stereocenters. The van der Waals surface area contributed by atoms with Crippen LogP contribution in [0, 0.1) is 5.82 Å². The van der Waals surface area contributed by atoms with Crippen molar-refractivity contribution in [3.05, 3.63) is 46.0 Å². The molecule has 1 unspecified atom stereocenters. The third kappa shape index (κ3) is 7.04. The largest absolute Gasteiger partial charge is 0.443 e. The highest BCUT2D eigenvalue weighted by Gasteiger charge is 2.24. The molecule has 0 bridgehead atoms. The van der Waals surface area contributed by atoms with Gasteiger partial charge in [-0.15, -0.1) is 10.2 Å². The molecule has 2 aromatic heterocycles. The third-order valence-corrected chi connectivity index (χ3v) is 5.42. The van der Waals surface area contributed by atoms with Gasteiger partial charge >= 0.3 is 12.1 Å². The molecular formula is C23H27Cl2FN8O3. The first kappa shape index (κ1) is 28.1. The van der Waals surface area contributed by atoms with E-state index in [2.05, 4.69) is 31.1 Å². The summed E-state index contributed by atoms with van der Waals surface area (Å²) >= 11 is 12.6. The number of halogens is 3. The minimum absolute atomic E-state index is 0.0160. The number of carbonyl (C=O) groups is 2. The smallest absolute Gasteiger partial charge is 0.426 e. The number of ether oxygens (including phenoxy) is 1. The number of carbonyl (C=O) groups excluding carboxylic acids is 2. The molecule has 0 aliphatic rings. The molecule has 2 heterocycles. The average molecular weight is 553 g/mol. The van der Waals surface area contributed by atoms with E-state index in [1.54, 1.807) is 47.7 Å². The van der Waals surface area contributed by atoms with Crippen LogP contribution in [0.5, 0.6) is 0 Å². The summed E-state index contributed by atoms with van der Waals surface area (Å²) in [5, 5.41) is 16.2. The first-order valence-corrected chi connectivity index (χ1v) is 12.0. The number of benzene rings is 1. The molecule has 11 nitrogen and oxygen atoms in total. The number of urea groups is 1. The number of nitrogens with zero attached hydrogens (tertiary/aromatic N) is 6. The third-order valence-electron chi connectivity index (χ3n) is 4.90. The van der Waals surface area contributed by atoms with Gasteiger partial charge in [0.25, 0.3) is 0 Å². The van der Waals surface area contributed by atoms with E-state index >= 15 is 4.39 Å². The normalized spacial score (nSPS) is 12.1. The summed E-state index contributed by atoms with van der Waals surface area (Å²) in [4.78, 5) is 30.2. The van der Waals surface area contributed by atoms with Crippen molar-refractivity contribution in [2.75, 3.05) is 6.54 Å². The molecule has 37 heavy (non-hydrogen) atoms. The van der Waals surface area contributed by atoms with Gasteiger partial charge in [-0.1, -0.05) is 23.2 Å². The molecule has 0 aliphatic carbocycles. The number of nitrogens with one attached hydrogen (secondary N) is 2. The predicted molar refractivity (Wildman–Crippen MR) is 136 cm³/mol. The number of aromatic nitrogens is 5. The van der Waals surface area contributed by atoms with Gasteiger partial charge in [0, 0.05) is 28.9 Å². The van der Waals surface area contributed by atoms with Gasteiger partial charge in [0.2, 0.25) is 5.82 Å². The Morgan fingerprint density at radius 3 is 2.51 bits per heavy atom. The molecule has 3 rings (SSSR count). The molecule has 0 aliphatic heterocycles. The average Bonchev–Trinajstić information content (AvgIpc) is 3.20. The van der Waals surface area contributed by atoms with Crippen LogP contribution in [0.3, 0.4) is 0 Å². The lowest BCUT2D eigenvalue weighted by Gasteiger charge is -2.26. The van der Waals surface area contributed by atoms with Gasteiger partial charge in [0.1, 0.15) is 11.4 Å². The molecular weight excluding hydrogens is 526 g/mol. The number of rotatable bonds is 5. The van der Waals surface area contributed by atoms with Crippen LogP contribution in [-0.2, 0) is 11.8 Å². The van der Waals surface area contributed by atoms with Crippen LogP contribution in [0.25, 0.3) is 22.5 Å². The van der Waals surface area contributed by atoms with Gasteiger partial charge in [-0.25, -0.2) is 24.4 Å². The van der Waals surface area contributed by atoms with Crippen LogP contribution < -0.4 is 10.7 Å². The highest BCUT2D eigenvalue weighted by atomic mass is 35.5. The van der Waals surface area contributed by atoms with Crippen LogP contribution in [0.1, 0.15) is 46.4 Å². The summed E-state index contributed by atoms with van der Waals surface area (Å²) in [5.41, 5.74) is 2.85. The van der Waals surface area contributed by atoms with E-state index in [-0.39, 0.29) is 23.1 Å². The number of tetrazole rings is 1. The number of aryl methyl sites for hydroxylation is 1. The topological polar surface area (TPSA) is 127 Å². The monoisotopic (exact) mass is 552 g/mol. The van der Waals surface area contributed by atoms with E-state index in [0.717, 1.165) is 5.01 Å². The summed E-state index contributed by atoms with van der Waals surface area (Å²) < 4.78 is 20.4. The molecule has 198 valence electrons. The molecule has 0 saturated carbocycles. The second-order valence-corrected chi connectivity index (χ2v) is 9.88. The second kappa shape index (κ2) is 11.3. The Balaban J connectivity index is 1.83. The molecule has 14 heteroatoms. The zero-order valence-electron chi connectivity index (χ0n) is 21.1. The molecule has 2 N–H and O–H groups in total. The van der Waals surface area contributed by atoms with Crippen LogP contribution in [-0.4, -0.2) is 54.5 Å². The Kier molecular flexibility index (Phi) is 8.54. The fourth-order valence-electron chi connectivity index (χ4n) is 3.34. The molecule has 0 fully saturated rings. The maximum Gasteiger partial charge on any atom is 0.426 e. The van der Waals surface area contributed by atoms with Gasteiger partial charge < -0.3 is 10.1 Å². The van der Waals surface area contributed by atoms with Crippen molar-refractivity contribution >= 4 is 35.3 Å². The maximum atomic E-state index is 15.2. The Morgan fingerprint density at radius 2 is 1.95 bits per heavy atom. The van der Waals surface area contributed by atoms with Crippen molar-refractivity contribution in [2.45, 2.75) is 46.3 Å². The van der Waals surface area contributed by atoms with E-state index in [0.29, 0.717) is 21.7 Å². The lowest BCUT2D eigenvalue weighted by Crippen LogP contribution is -2.52. The summed E-state index contributed by atoms with van der Waals surface area (Å²) in [6, 6.07) is 2.88. The lowest BCUT2D eigenvalue weighted by atomic mass is 9.99. The van der Waals surface area contributed by atoms with Gasteiger partial charge in [-0.2, -0.15) is 4.80 Å². The fraction of sp³-hybridized carbons (Fsp3) is 0.391. The number of pyridine rings is 1. The van der Waals surface area contributed by atoms with Crippen LogP contribution in [0.2, 0.25) is 10.0 Å². The Labute approximate surface area is 223 Å². The summed E-state index contributed by atoms with van der Waals surface area (Å²) in [5.74, 6) is -0.441. The van der Waals surface area contributed by atoms with Gasteiger partial charge in [0.15, 0.2) is 0 Å². The first-order valence-electron chi connectivity index (χ1n) is 11.3. The highest BCUT2D eigenvalue weighted by molar-refractivity contribution is 6.37. The van der Waals surface area contributed by atoms with Crippen molar-refractivity contribution in [1.82, 2.24) is 40.9 Å². The van der Waals surface area contributed by atoms with Gasteiger partial charge in [-0.3, -0.25) is 4.98 Å². The van der Waals surface area contributed by atoms with Crippen molar-refractivity contribution in [3.63, 3.8) is 0 Å². The Bertz CT molecular complexity index is 1310. The number of hydrazine groups is 1. The van der Waals surface area contributed by atoms with Crippen molar-refractivity contribution in [2.24, 2.45) is 7.05 Å². The van der Waals surface area contributed by atoms with Gasteiger partial charge in [-0.05, 0) is 63.6 Å². The van der Waals surface area contributed by atoms with E-state index in [9.17, 15) is 9.59 Å². The minimum Gasteiger partial charge on any atom is -0.443 e. The maximum absolute atomic E-state index is 15.2. The summed E-state index contributed by atoms with van der Waals surface area (Å²) in [7, 11) is 1.61. The zero-order chi connectivity index (χ0) is 27.5. The van der Waals surface area contributed by atoms with Crippen LogP contribution in [0.15, 0.2) is 24.4 Å². The van der Waals surface area contributed by atoms with Crippen LogP contribution in [0.4, 0.5) is 14.0 Å². The van der Waals surface area contributed by atoms with Crippen molar-refractivity contribution in [1.29, 1.82) is 0 Å².